The number of sulfone groups is 1. The molecule has 2 N–H and O–H groups in total. The van der Waals surface area contributed by atoms with Gasteiger partial charge in [0.1, 0.15) is 17.6 Å². The average molecular weight is 475 g/mol. The molecule has 0 unspecified atom stereocenters. The van der Waals surface area contributed by atoms with Crippen molar-refractivity contribution in [2.75, 3.05) is 16.8 Å². The first-order valence-electron chi connectivity index (χ1n) is 10.0. The highest BCUT2D eigenvalue weighted by Gasteiger charge is 2.41. The van der Waals surface area contributed by atoms with Gasteiger partial charge in [-0.2, -0.15) is 5.26 Å². The summed E-state index contributed by atoms with van der Waals surface area (Å²) in [7, 11) is -1.73. The monoisotopic (exact) mass is 474 g/mol. The van der Waals surface area contributed by atoms with Gasteiger partial charge in [0.2, 0.25) is 0 Å². The molecule has 0 aliphatic carbocycles. The Morgan fingerprint density at radius 2 is 1.91 bits per heavy atom. The quantitative estimate of drug-likeness (QED) is 0.500. The highest BCUT2D eigenvalue weighted by Crippen LogP contribution is 2.26. The van der Waals surface area contributed by atoms with Crippen LogP contribution in [0.15, 0.2) is 18.2 Å². The van der Waals surface area contributed by atoms with Crippen molar-refractivity contribution in [3.8, 4) is 6.07 Å². The van der Waals surface area contributed by atoms with Crippen molar-refractivity contribution in [1.29, 1.82) is 5.26 Å². The van der Waals surface area contributed by atoms with Crippen molar-refractivity contribution in [2.24, 2.45) is 7.05 Å². The molecule has 9 nitrogen and oxygen atoms in total. The molecule has 3 rings (SSSR count). The van der Waals surface area contributed by atoms with E-state index in [-0.39, 0.29) is 46.0 Å². The molecule has 1 aliphatic heterocycles. The molecular formula is C22H23FN4O5S. The lowest BCUT2D eigenvalue weighted by Crippen LogP contribution is -2.49. The van der Waals surface area contributed by atoms with E-state index in [0.29, 0.717) is 5.69 Å². The smallest absolute Gasteiger partial charge is 0.292 e. The van der Waals surface area contributed by atoms with Gasteiger partial charge < -0.3 is 15.2 Å². The molecule has 2 amide bonds. The molecule has 2 heterocycles. The van der Waals surface area contributed by atoms with Gasteiger partial charge in [-0.05, 0) is 51.0 Å². The largest absolute Gasteiger partial charge is 0.343 e. The zero-order valence-corrected chi connectivity index (χ0v) is 19.4. The molecule has 1 saturated heterocycles. The van der Waals surface area contributed by atoms with E-state index >= 15 is 0 Å². The van der Waals surface area contributed by atoms with Crippen LogP contribution in [0, 0.1) is 31.0 Å². The fraction of sp³-hybridized carbons (Fsp3) is 0.364. The lowest BCUT2D eigenvalue weighted by Gasteiger charge is -2.23. The number of benzene rings is 1. The Kier molecular flexibility index (Phi) is 6.17. The SMILES string of the molecule is Cc1c(C(=O)C(=O)N[C@]2(C)CCS(=O)(=O)C2)c(C)n(C)c1C(=O)Nc1ccc(F)c(C#N)c1. The van der Waals surface area contributed by atoms with Crippen LogP contribution in [-0.2, 0) is 21.7 Å². The van der Waals surface area contributed by atoms with E-state index in [0.717, 1.165) is 6.07 Å². The fourth-order valence-corrected chi connectivity index (χ4v) is 6.16. The molecule has 0 saturated carbocycles. The van der Waals surface area contributed by atoms with E-state index in [4.69, 9.17) is 5.26 Å². The summed E-state index contributed by atoms with van der Waals surface area (Å²) in [5, 5.41) is 14.1. The average Bonchev–Trinajstić information content (AvgIpc) is 3.13. The van der Waals surface area contributed by atoms with Crippen molar-refractivity contribution < 1.29 is 27.2 Å². The first-order chi connectivity index (χ1) is 15.3. The molecule has 1 aliphatic rings. The van der Waals surface area contributed by atoms with Crippen LogP contribution in [0.5, 0.6) is 0 Å². The Morgan fingerprint density at radius 1 is 1.24 bits per heavy atom. The maximum Gasteiger partial charge on any atom is 0.292 e. The standard InChI is InChI=1S/C22H23FN4O5S/c1-12-17(19(28)21(30)26-22(3)7-8-33(31,32)11-22)13(2)27(4)18(12)20(29)25-15-5-6-16(23)14(9-15)10-24/h5-6,9H,7-8,11H2,1-4H3,(H,25,29)(H,26,30)/t22-/m1/s1. The minimum atomic E-state index is -3.28. The van der Waals surface area contributed by atoms with Crippen LogP contribution < -0.4 is 10.6 Å². The Hall–Kier alpha value is -3.52. The van der Waals surface area contributed by atoms with Crippen LogP contribution in [0.2, 0.25) is 0 Å². The van der Waals surface area contributed by atoms with Crippen molar-refractivity contribution in [2.45, 2.75) is 32.7 Å². The molecular weight excluding hydrogens is 451 g/mol. The second-order valence-electron chi connectivity index (χ2n) is 8.44. The number of anilines is 1. The maximum absolute atomic E-state index is 13.5. The zero-order chi connectivity index (χ0) is 24.7. The van der Waals surface area contributed by atoms with Crippen molar-refractivity contribution in [3.05, 3.63) is 52.1 Å². The highest BCUT2D eigenvalue weighted by molar-refractivity contribution is 7.91. The summed E-state index contributed by atoms with van der Waals surface area (Å²) < 4.78 is 38.6. The molecule has 33 heavy (non-hydrogen) atoms. The topological polar surface area (TPSA) is 138 Å². The highest BCUT2D eigenvalue weighted by atomic mass is 32.2. The molecule has 0 radical (unpaired) electrons. The van der Waals surface area contributed by atoms with Gasteiger partial charge in [0.15, 0.2) is 9.84 Å². The Labute approximate surface area is 190 Å². The van der Waals surface area contributed by atoms with Gasteiger partial charge in [0.05, 0.1) is 28.2 Å². The van der Waals surface area contributed by atoms with Crippen LogP contribution in [0.3, 0.4) is 0 Å². The number of nitrogens with one attached hydrogen (secondary N) is 2. The van der Waals surface area contributed by atoms with E-state index in [1.807, 2.05) is 0 Å². The summed E-state index contributed by atoms with van der Waals surface area (Å²) >= 11 is 0. The number of hydrogen-bond donors (Lipinski definition) is 2. The second kappa shape index (κ2) is 8.44. The number of Topliss-reactive ketones (excluding diaryl/α,β-unsaturated/α-hetero) is 1. The van der Waals surface area contributed by atoms with E-state index < -0.39 is 38.8 Å². The number of aromatic nitrogens is 1. The van der Waals surface area contributed by atoms with Gasteiger partial charge >= 0.3 is 0 Å². The molecule has 2 aromatic rings. The lowest BCUT2D eigenvalue weighted by atomic mass is 10.00. The number of rotatable bonds is 5. The van der Waals surface area contributed by atoms with Gasteiger partial charge in [0.25, 0.3) is 17.6 Å². The first kappa shape index (κ1) is 24.1. The fourth-order valence-electron chi connectivity index (χ4n) is 4.07. The number of ketones is 1. The number of halogens is 1. The van der Waals surface area contributed by atoms with Gasteiger partial charge in [-0.25, -0.2) is 12.8 Å². The Balaban J connectivity index is 1.87. The second-order valence-corrected chi connectivity index (χ2v) is 10.6. The number of hydrogen-bond acceptors (Lipinski definition) is 6. The van der Waals surface area contributed by atoms with E-state index in [1.165, 1.54) is 23.6 Å². The third kappa shape index (κ3) is 4.66. The predicted octanol–water partition coefficient (Wildman–Crippen LogP) is 1.78. The lowest BCUT2D eigenvalue weighted by molar-refractivity contribution is -0.118. The molecule has 1 aromatic heterocycles. The number of nitriles is 1. The minimum absolute atomic E-state index is 0.0430. The first-order valence-corrected chi connectivity index (χ1v) is 11.8. The molecule has 0 bridgehead atoms. The summed E-state index contributed by atoms with van der Waals surface area (Å²) in [5.74, 6) is -3.47. The van der Waals surface area contributed by atoms with Crippen molar-refractivity contribution in [1.82, 2.24) is 9.88 Å². The number of carbonyl (C=O) groups is 3. The van der Waals surface area contributed by atoms with Gasteiger partial charge in [-0.15, -0.1) is 0 Å². The van der Waals surface area contributed by atoms with Crippen LogP contribution in [0.25, 0.3) is 0 Å². The maximum atomic E-state index is 13.5. The van der Waals surface area contributed by atoms with Crippen LogP contribution >= 0.6 is 0 Å². The number of nitrogens with zero attached hydrogens (tertiary/aromatic N) is 2. The Morgan fingerprint density at radius 3 is 2.48 bits per heavy atom. The van der Waals surface area contributed by atoms with E-state index in [9.17, 15) is 27.2 Å². The Bertz CT molecular complexity index is 1340. The molecule has 1 fully saturated rings. The minimum Gasteiger partial charge on any atom is -0.343 e. The summed E-state index contributed by atoms with van der Waals surface area (Å²) in [6.07, 6.45) is 0.205. The third-order valence-electron chi connectivity index (χ3n) is 5.84. The molecule has 174 valence electrons. The summed E-state index contributed by atoms with van der Waals surface area (Å²) in [4.78, 5) is 38.5. The molecule has 1 atom stereocenters. The zero-order valence-electron chi connectivity index (χ0n) is 18.6. The summed E-state index contributed by atoms with van der Waals surface area (Å²) in [5.41, 5.74) is -0.288. The van der Waals surface area contributed by atoms with Gasteiger partial charge in [-0.3, -0.25) is 14.4 Å². The summed E-state index contributed by atoms with van der Waals surface area (Å²) in [6.45, 7) is 4.68. The molecule has 0 spiro atoms. The third-order valence-corrected chi connectivity index (χ3v) is 7.75. The van der Waals surface area contributed by atoms with Gasteiger partial charge in [-0.1, -0.05) is 0 Å². The summed E-state index contributed by atoms with van der Waals surface area (Å²) in [6, 6.07) is 5.24. The van der Waals surface area contributed by atoms with Gasteiger partial charge in [0, 0.05) is 18.4 Å². The normalized spacial score (nSPS) is 19.0. The van der Waals surface area contributed by atoms with Crippen LogP contribution in [-0.4, -0.2) is 47.6 Å². The van der Waals surface area contributed by atoms with Crippen LogP contribution in [0.1, 0.15) is 51.0 Å². The number of amides is 2. The van der Waals surface area contributed by atoms with E-state index in [1.54, 1.807) is 27.0 Å². The van der Waals surface area contributed by atoms with Crippen molar-refractivity contribution in [3.63, 3.8) is 0 Å². The molecule has 11 heteroatoms. The van der Waals surface area contributed by atoms with E-state index in [2.05, 4.69) is 10.6 Å². The predicted molar refractivity (Wildman–Crippen MR) is 118 cm³/mol. The molecule has 1 aromatic carbocycles. The number of carbonyl (C=O) groups excluding carboxylic acids is 3. The van der Waals surface area contributed by atoms with Crippen molar-refractivity contribution >= 4 is 33.1 Å². The van der Waals surface area contributed by atoms with Crippen LogP contribution in [0.4, 0.5) is 10.1 Å².